The fourth-order valence-corrected chi connectivity index (χ4v) is 2.85. The zero-order chi connectivity index (χ0) is 15.4. The lowest BCUT2D eigenvalue weighted by atomic mass is 9.98. The van der Waals surface area contributed by atoms with Crippen LogP contribution in [0.2, 0.25) is 0 Å². The highest BCUT2D eigenvalue weighted by Gasteiger charge is 2.25. The monoisotopic (exact) mass is 302 g/mol. The van der Waals surface area contributed by atoms with Crippen molar-refractivity contribution in [2.75, 3.05) is 19.4 Å². The average Bonchev–Trinajstić information content (AvgIpc) is 2.44. The average molecular weight is 302 g/mol. The van der Waals surface area contributed by atoms with Crippen LogP contribution in [-0.4, -0.2) is 32.8 Å². The third kappa shape index (κ3) is 3.84. The van der Waals surface area contributed by atoms with Crippen molar-refractivity contribution in [3.05, 3.63) is 18.2 Å². The first kappa shape index (κ1) is 16.7. The number of rotatable bonds is 7. The number of nitrogen functional groups attached to an aromatic ring is 1. The van der Waals surface area contributed by atoms with E-state index < -0.39 is 15.6 Å². The minimum atomic E-state index is -3.71. The van der Waals surface area contributed by atoms with Crippen molar-refractivity contribution >= 4 is 15.7 Å². The second kappa shape index (κ2) is 6.43. The van der Waals surface area contributed by atoms with Crippen LogP contribution in [0.4, 0.5) is 5.69 Å². The third-order valence-electron chi connectivity index (χ3n) is 3.42. The van der Waals surface area contributed by atoms with Crippen molar-refractivity contribution in [2.45, 2.75) is 37.2 Å². The zero-order valence-electron chi connectivity index (χ0n) is 12.0. The SMILES string of the molecule is CCC(O)(CC)CNS(=O)(=O)c1ccc(OC)c(N)c1. The predicted octanol–water partition coefficient (Wildman–Crippen LogP) is 1.11. The number of nitrogens with one attached hydrogen (secondary N) is 1. The second-order valence-corrected chi connectivity index (χ2v) is 6.43. The maximum atomic E-state index is 12.1. The second-order valence-electron chi connectivity index (χ2n) is 4.66. The Labute approximate surface area is 120 Å². The fraction of sp³-hybridized carbons (Fsp3) is 0.538. The molecule has 20 heavy (non-hydrogen) atoms. The highest BCUT2D eigenvalue weighted by molar-refractivity contribution is 7.89. The summed E-state index contributed by atoms with van der Waals surface area (Å²) in [5.41, 5.74) is 4.91. The number of aliphatic hydroxyl groups is 1. The fourth-order valence-electron chi connectivity index (χ4n) is 1.69. The van der Waals surface area contributed by atoms with E-state index in [0.29, 0.717) is 18.6 Å². The molecule has 4 N–H and O–H groups in total. The number of hydrogen-bond donors (Lipinski definition) is 3. The molecule has 114 valence electrons. The van der Waals surface area contributed by atoms with E-state index in [1.807, 2.05) is 13.8 Å². The first-order valence-electron chi connectivity index (χ1n) is 6.43. The zero-order valence-corrected chi connectivity index (χ0v) is 12.8. The van der Waals surface area contributed by atoms with Crippen molar-refractivity contribution < 1.29 is 18.3 Å². The molecule has 0 amide bonds. The highest BCUT2D eigenvalue weighted by Crippen LogP contribution is 2.24. The summed E-state index contributed by atoms with van der Waals surface area (Å²) >= 11 is 0. The van der Waals surface area contributed by atoms with E-state index in [4.69, 9.17) is 10.5 Å². The van der Waals surface area contributed by atoms with Crippen LogP contribution < -0.4 is 15.2 Å². The van der Waals surface area contributed by atoms with Crippen LogP contribution in [0.1, 0.15) is 26.7 Å². The molecule has 0 saturated heterocycles. The first-order chi connectivity index (χ1) is 9.28. The van der Waals surface area contributed by atoms with E-state index in [0.717, 1.165) is 0 Å². The first-order valence-corrected chi connectivity index (χ1v) is 7.92. The summed E-state index contributed by atoms with van der Waals surface area (Å²) < 4.78 is 31.7. The largest absolute Gasteiger partial charge is 0.495 e. The van der Waals surface area contributed by atoms with Gasteiger partial charge in [-0.05, 0) is 31.0 Å². The van der Waals surface area contributed by atoms with Crippen molar-refractivity contribution in [2.24, 2.45) is 0 Å². The van der Waals surface area contributed by atoms with Crippen molar-refractivity contribution in [3.63, 3.8) is 0 Å². The van der Waals surface area contributed by atoms with E-state index in [-0.39, 0.29) is 17.1 Å². The molecule has 1 aromatic rings. The molecule has 0 spiro atoms. The maximum Gasteiger partial charge on any atom is 0.240 e. The summed E-state index contributed by atoms with van der Waals surface area (Å²) in [5.74, 6) is 0.419. The van der Waals surface area contributed by atoms with Gasteiger partial charge in [0.25, 0.3) is 0 Å². The van der Waals surface area contributed by atoms with E-state index in [1.165, 1.54) is 25.3 Å². The molecular formula is C13H22N2O4S. The van der Waals surface area contributed by atoms with Gasteiger partial charge in [-0.25, -0.2) is 13.1 Å². The summed E-state index contributed by atoms with van der Waals surface area (Å²) in [6.45, 7) is 3.58. The number of anilines is 1. The third-order valence-corrected chi connectivity index (χ3v) is 4.82. The molecule has 0 heterocycles. The van der Waals surface area contributed by atoms with Gasteiger partial charge in [-0.2, -0.15) is 0 Å². The van der Waals surface area contributed by atoms with Gasteiger partial charge in [0.2, 0.25) is 10.0 Å². The molecule has 1 aromatic carbocycles. The summed E-state index contributed by atoms with van der Waals surface area (Å²) in [4.78, 5) is 0.0466. The molecule has 6 nitrogen and oxygen atoms in total. The molecule has 1 rings (SSSR count). The Morgan fingerprint density at radius 1 is 1.35 bits per heavy atom. The molecule has 0 aliphatic carbocycles. The van der Waals surface area contributed by atoms with Crippen LogP contribution in [0, 0.1) is 0 Å². The lowest BCUT2D eigenvalue weighted by Crippen LogP contribution is -2.41. The number of sulfonamides is 1. The molecule has 0 aromatic heterocycles. The Hall–Kier alpha value is -1.31. The van der Waals surface area contributed by atoms with Crippen LogP contribution in [0.25, 0.3) is 0 Å². The Kier molecular flexibility index (Phi) is 5.38. The minimum Gasteiger partial charge on any atom is -0.495 e. The number of nitrogens with two attached hydrogens (primary N) is 1. The van der Waals surface area contributed by atoms with Gasteiger partial charge in [-0.3, -0.25) is 0 Å². The minimum absolute atomic E-state index is 0.0335. The van der Waals surface area contributed by atoms with Crippen molar-refractivity contribution in [1.29, 1.82) is 0 Å². The maximum absolute atomic E-state index is 12.1. The molecule has 0 saturated carbocycles. The van der Waals surface area contributed by atoms with Gasteiger partial charge in [0, 0.05) is 6.54 Å². The van der Waals surface area contributed by atoms with Crippen LogP contribution in [0.3, 0.4) is 0 Å². The highest BCUT2D eigenvalue weighted by atomic mass is 32.2. The normalized spacial score (nSPS) is 12.4. The van der Waals surface area contributed by atoms with Gasteiger partial charge < -0.3 is 15.6 Å². The van der Waals surface area contributed by atoms with Gasteiger partial charge >= 0.3 is 0 Å². The van der Waals surface area contributed by atoms with E-state index >= 15 is 0 Å². The molecule has 7 heteroatoms. The van der Waals surface area contributed by atoms with Gasteiger partial charge in [-0.15, -0.1) is 0 Å². The Morgan fingerprint density at radius 2 is 1.95 bits per heavy atom. The summed E-state index contributed by atoms with van der Waals surface area (Å²) in [6.07, 6.45) is 0.938. The Bertz CT molecular complexity index is 553. The molecule has 0 radical (unpaired) electrons. The van der Waals surface area contributed by atoms with Gasteiger partial charge in [0.05, 0.1) is 23.3 Å². The number of methoxy groups -OCH3 is 1. The lowest BCUT2D eigenvalue weighted by molar-refractivity contribution is 0.0377. The summed E-state index contributed by atoms with van der Waals surface area (Å²) in [7, 11) is -2.25. The molecule has 0 bridgehead atoms. The smallest absolute Gasteiger partial charge is 0.240 e. The van der Waals surface area contributed by atoms with Crippen LogP contribution in [0.5, 0.6) is 5.75 Å². The van der Waals surface area contributed by atoms with Crippen LogP contribution in [0.15, 0.2) is 23.1 Å². The van der Waals surface area contributed by atoms with Crippen LogP contribution >= 0.6 is 0 Å². The quantitative estimate of drug-likeness (QED) is 0.655. The molecule has 0 aliphatic rings. The van der Waals surface area contributed by atoms with Crippen molar-refractivity contribution in [3.8, 4) is 5.75 Å². The van der Waals surface area contributed by atoms with Gasteiger partial charge in [-0.1, -0.05) is 13.8 Å². The number of ether oxygens (including phenoxy) is 1. The lowest BCUT2D eigenvalue weighted by Gasteiger charge is -2.25. The molecule has 0 unspecified atom stereocenters. The van der Waals surface area contributed by atoms with Gasteiger partial charge in [0.15, 0.2) is 0 Å². The number of hydrogen-bond acceptors (Lipinski definition) is 5. The Balaban J connectivity index is 2.92. The van der Waals surface area contributed by atoms with E-state index in [9.17, 15) is 13.5 Å². The molecule has 0 fully saturated rings. The summed E-state index contributed by atoms with van der Waals surface area (Å²) in [6, 6.07) is 4.24. The molecule has 0 atom stereocenters. The van der Waals surface area contributed by atoms with Crippen LogP contribution in [-0.2, 0) is 10.0 Å². The van der Waals surface area contributed by atoms with Gasteiger partial charge in [0.1, 0.15) is 5.75 Å². The Morgan fingerprint density at radius 3 is 2.40 bits per heavy atom. The number of benzene rings is 1. The van der Waals surface area contributed by atoms with E-state index in [1.54, 1.807) is 0 Å². The van der Waals surface area contributed by atoms with E-state index in [2.05, 4.69) is 4.72 Å². The molecular weight excluding hydrogens is 280 g/mol. The van der Waals surface area contributed by atoms with Crippen molar-refractivity contribution in [1.82, 2.24) is 4.72 Å². The molecule has 0 aliphatic heterocycles. The predicted molar refractivity (Wildman–Crippen MR) is 78.1 cm³/mol. The standard InChI is InChI=1S/C13H22N2O4S/c1-4-13(16,5-2)9-15-20(17,18)10-6-7-12(19-3)11(14)8-10/h6-8,15-16H,4-5,9,14H2,1-3H3. The topological polar surface area (TPSA) is 102 Å². The summed E-state index contributed by atoms with van der Waals surface area (Å²) in [5, 5.41) is 10.1.